The third-order valence-electron chi connectivity index (χ3n) is 5.88. The lowest BCUT2D eigenvalue weighted by Gasteiger charge is -2.29. The van der Waals surface area contributed by atoms with Crippen molar-refractivity contribution >= 4 is 17.4 Å². The van der Waals surface area contributed by atoms with Crippen LogP contribution in [0, 0.1) is 11.3 Å². The summed E-state index contributed by atoms with van der Waals surface area (Å²) in [6, 6.07) is 5.65. The van der Waals surface area contributed by atoms with E-state index in [0.717, 1.165) is 25.3 Å². The van der Waals surface area contributed by atoms with E-state index in [2.05, 4.69) is 35.8 Å². The number of aromatic amines is 1. The Balaban J connectivity index is 1.34. The molecule has 1 aliphatic heterocycles. The van der Waals surface area contributed by atoms with Crippen molar-refractivity contribution in [1.29, 1.82) is 0 Å². The number of fused-ring (bicyclic) bond motifs is 2. The summed E-state index contributed by atoms with van der Waals surface area (Å²) >= 11 is 0. The van der Waals surface area contributed by atoms with Gasteiger partial charge in [-0.1, -0.05) is 6.42 Å². The predicted octanol–water partition coefficient (Wildman–Crippen LogP) is 0.884. The van der Waals surface area contributed by atoms with Gasteiger partial charge in [0.1, 0.15) is 0 Å². The van der Waals surface area contributed by atoms with E-state index in [-0.39, 0.29) is 11.3 Å². The molecule has 0 bridgehead atoms. The molecule has 0 radical (unpaired) electrons. The van der Waals surface area contributed by atoms with Crippen molar-refractivity contribution in [1.82, 2.24) is 35.6 Å². The van der Waals surface area contributed by atoms with E-state index >= 15 is 0 Å². The van der Waals surface area contributed by atoms with Gasteiger partial charge in [-0.05, 0) is 47.4 Å². The topological polar surface area (TPSA) is 104 Å². The van der Waals surface area contributed by atoms with Crippen LogP contribution < -0.4 is 10.2 Å². The number of aromatic nitrogens is 6. The molecule has 0 spiro atoms. The minimum atomic E-state index is -0.0158. The van der Waals surface area contributed by atoms with Crippen LogP contribution in [0.4, 0.5) is 5.82 Å². The molecule has 4 heterocycles. The second kappa shape index (κ2) is 5.79. The van der Waals surface area contributed by atoms with Crippen LogP contribution in [0.1, 0.15) is 29.6 Å². The molecule has 5 rings (SSSR count). The molecular weight excluding hydrogens is 332 g/mol. The smallest absolute Gasteiger partial charge is 0.252 e. The average Bonchev–Trinajstić information content (AvgIpc) is 3.42. The molecule has 1 amide bonds. The van der Waals surface area contributed by atoms with Gasteiger partial charge in [0.15, 0.2) is 11.5 Å². The molecule has 26 heavy (non-hydrogen) atoms. The van der Waals surface area contributed by atoms with Gasteiger partial charge in [0.25, 0.3) is 5.91 Å². The van der Waals surface area contributed by atoms with Crippen LogP contribution >= 0.6 is 0 Å². The third kappa shape index (κ3) is 2.42. The number of hydrogen-bond donors (Lipinski definition) is 2. The number of rotatable bonds is 4. The Bertz CT molecular complexity index is 935. The van der Waals surface area contributed by atoms with E-state index < -0.39 is 0 Å². The summed E-state index contributed by atoms with van der Waals surface area (Å²) in [6.45, 7) is 2.55. The molecule has 0 aromatic carbocycles. The predicted molar refractivity (Wildman–Crippen MR) is 93.7 cm³/mol. The van der Waals surface area contributed by atoms with Crippen LogP contribution in [0.5, 0.6) is 0 Å². The van der Waals surface area contributed by atoms with Crippen molar-refractivity contribution in [3.63, 3.8) is 0 Å². The monoisotopic (exact) mass is 352 g/mol. The van der Waals surface area contributed by atoms with Crippen LogP contribution in [0.25, 0.3) is 5.65 Å². The molecule has 134 valence electrons. The van der Waals surface area contributed by atoms with Gasteiger partial charge in [-0.3, -0.25) is 4.79 Å². The fourth-order valence-corrected chi connectivity index (χ4v) is 4.51. The van der Waals surface area contributed by atoms with Crippen LogP contribution in [-0.4, -0.2) is 55.8 Å². The third-order valence-corrected chi connectivity index (χ3v) is 5.88. The molecular formula is C17H20N8O. The van der Waals surface area contributed by atoms with Gasteiger partial charge in [-0.25, -0.2) is 0 Å². The van der Waals surface area contributed by atoms with E-state index in [1.165, 1.54) is 17.5 Å². The normalized spacial score (nSPS) is 24.9. The summed E-state index contributed by atoms with van der Waals surface area (Å²) in [7, 11) is 0. The first kappa shape index (κ1) is 15.3. The zero-order chi connectivity index (χ0) is 17.6. The number of tetrazole rings is 1. The Morgan fingerprint density at radius 3 is 3.23 bits per heavy atom. The highest BCUT2D eigenvalue weighted by Gasteiger charge is 2.49. The Labute approximate surface area is 149 Å². The summed E-state index contributed by atoms with van der Waals surface area (Å²) in [5.74, 6) is 1.44. The number of amides is 1. The molecule has 1 aliphatic carbocycles. The van der Waals surface area contributed by atoms with Crippen molar-refractivity contribution in [3.05, 3.63) is 36.2 Å². The number of hydrogen-bond acceptors (Lipinski definition) is 6. The minimum Gasteiger partial charge on any atom is -0.367 e. The lowest BCUT2D eigenvalue weighted by atomic mass is 9.80. The van der Waals surface area contributed by atoms with Crippen molar-refractivity contribution in [2.24, 2.45) is 11.3 Å². The first-order valence-corrected chi connectivity index (χ1v) is 8.95. The number of H-pyrrole nitrogens is 1. The van der Waals surface area contributed by atoms with Crippen LogP contribution in [0.3, 0.4) is 0 Å². The van der Waals surface area contributed by atoms with Crippen molar-refractivity contribution in [3.8, 4) is 0 Å². The summed E-state index contributed by atoms with van der Waals surface area (Å²) < 4.78 is 1.46. The van der Waals surface area contributed by atoms with Gasteiger partial charge >= 0.3 is 0 Å². The fourth-order valence-electron chi connectivity index (χ4n) is 4.51. The standard InChI is InChI=1S/C17H20N8O/c26-16(12-5-7-18-8-12)19-10-17-6-1-2-13(17)9-24(11-17)15-4-3-14-20-22-23-25(14)21-15/h3-5,7-8,13,18H,1-2,6,9-11H2,(H,19,26)/t13-,17-/m0/s1. The summed E-state index contributed by atoms with van der Waals surface area (Å²) in [5.41, 5.74) is 1.43. The lowest BCUT2D eigenvalue weighted by molar-refractivity contribution is 0.0927. The van der Waals surface area contributed by atoms with E-state index in [9.17, 15) is 4.79 Å². The molecule has 2 N–H and O–H groups in total. The molecule has 9 heteroatoms. The average molecular weight is 352 g/mol. The first-order valence-electron chi connectivity index (χ1n) is 8.95. The van der Waals surface area contributed by atoms with Gasteiger partial charge in [-0.2, -0.15) is 0 Å². The first-order chi connectivity index (χ1) is 12.7. The molecule has 2 atom stereocenters. The Morgan fingerprint density at radius 2 is 2.35 bits per heavy atom. The summed E-state index contributed by atoms with van der Waals surface area (Å²) in [6.07, 6.45) is 7.05. The van der Waals surface area contributed by atoms with Gasteiger partial charge < -0.3 is 15.2 Å². The number of carbonyl (C=O) groups is 1. The molecule has 2 fully saturated rings. The second-order valence-electron chi connectivity index (χ2n) is 7.33. The maximum Gasteiger partial charge on any atom is 0.252 e. The highest BCUT2D eigenvalue weighted by atomic mass is 16.1. The van der Waals surface area contributed by atoms with Gasteiger partial charge in [0.05, 0.1) is 5.56 Å². The molecule has 9 nitrogen and oxygen atoms in total. The highest BCUT2D eigenvalue weighted by molar-refractivity contribution is 5.93. The number of anilines is 1. The zero-order valence-corrected chi connectivity index (χ0v) is 14.3. The van der Waals surface area contributed by atoms with E-state index in [1.54, 1.807) is 18.5 Å². The highest BCUT2D eigenvalue weighted by Crippen LogP contribution is 2.49. The quantitative estimate of drug-likeness (QED) is 0.722. The Morgan fingerprint density at radius 1 is 1.38 bits per heavy atom. The maximum atomic E-state index is 12.3. The molecule has 3 aromatic rings. The van der Waals surface area contributed by atoms with Crippen molar-refractivity contribution < 1.29 is 4.79 Å². The van der Waals surface area contributed by atoms with E-state index in [0.29, 0.717) is 23.7 Å². The van der Waals surface area contributed by atoms with Crippen molar-refractivity contribution in [2.45, 2.75) is 19.3 Å². The van der Waals surface area contributed by atoms with Crippen LogP contribution in [0.2, 0.25) is 0 Å². The largest absolute Gasteiger partial charge is 0.367 e. The SMILES string of the molecule is O=C(NC[C@]12CCC[C@H]1CN(c1ccc3nnnn3n1)C2)c1cc[nH]c1. The lowest BCUT2D eigenvalue weighted by Crippen LogP contribution is -2.40. The molecule has 1 saturated heterocycles. The number of nitrogens with one attached hydrogen (secondary N) is 2. The Hall–Kier alpha value is -2.97. The van der Waals surface area contributed by atoms with Gasteiger partial charge in [0.2, 0.25) is 0 Å². The van der Waals surface area contributed by atoms with Gasteiger partial charge in [-0.15, -0.1) is 14.8 Å². The fraction of sp³-hybridized carbons (Fsp3) is 0.471. The van der Waals surface area contributed by atoms with Crippen LogP contribution in [-0.2, 0) is 0 Å². The zero-order valence-electron chi connectivity index (χ0n) is 14.3. The maximum absolute atomic E-state index is 12.3. The minimum absolute atomic E-state index is 0.0158. The molecule has 3 aromatic heterocycles. The molecule has 2 aliphatic rings. The van der Waals surface area contributed by atoms with E-state index in [1.807, 2.05) is 12.1 Å². The molecule has 1 saturated carbocycles. The van der Waals surface area contributed by atoms with Gasteiger partial charge in [0, 0.05) is 37.4 Å². The molecule has 0 unspecified atom stereocenters. The Kier molecular flexibility index (Phi) is 3.41. The van der Waals surface area contributed by atoms with Crippen molar-refractivity contribution in [2.75, 3.05) is 24.5 Å². The van der Waals surface area contributed by atoms with E-state index in [4.69, 9.17) is 0 Å². The van der Waals surface area contributed by atoms with Crippen LogP contribution in [0.15, 0.2) is 30.6 Å². The summed E-state index contributed by atoms with van der Waals surface area (Å²) in [4.78, 5) is 17.6. The summed E-state index contributed by atoms with van der Waals surface area (Å²) in [5, 5.41) is 19.1. The number of nitrogens with zero attached hydrogens (tertiary/aromatic N) is 6. The second-order valence-corrected chi connectivity index (χ2v) is 7.33. The number of carbonyl (C=O) groups excluding carboxylic acids is 1.